The second-order valence-electron chi connectivity index (χ2n) is 8.29. The number of anilines is 1. The maximum absolute atomic E-state index is 14.1. The first-order valence-corrected chi connectivity index (χ1v) is 12.3. The van der Waals surface area contributed by atoms with Crippen LogP contribution in [-0.2, 0) is 4.79 Å². The molecule has 2 aliphatic rings. The van der Waals surface area contributed by atoms with Crippen molar-refractivity contribution in [3.05, 3.63) is 70.8 Å². The van der Waals surface area contributed by atoms with Gasteiger partial charge in [0.25, 0.3) is 5.91 Å². The van der Waals surface area contributed by atoms with Gasteiger partial charge in [0.2, 0.25) is 0 Å². The molecule has 1 aromatic heterocycles. The van der Waals surface area contributed by atoms with Gasteiger partial charge < -0.3 is 9.64 Å². The molecule has 0 radical (unpaired) electrons. The van der Waals surface area contributed by atoms with Crippen LogP contribution in [0.2, 0.25) is 5.02 Å². The van der Waals surface area contributed by atoms with E-state index in [-0.39, 0.29) is 29.4 Å². The zero-order chi connectivity index (χ0) is 26.3. The molecule has 8 nitrogen and oxygen atoms in total. The molecule has 0 spiro atoms. The Labute approximate surface area is 220 Å². The summed E-state index contributed by atoms with van der Waals surface area (Å²) in [6.07, 6.45) is 4.80. The topological polar surface area (TPSA) is 110 Å². The van der Waals surface area contributed by atoms with Crippen molar-refractivity contribution in [1.29, 1.82) is 10.5 Å². The third-order valence-electron chi connectivity index (χ3n) is 6.23. The number of imide groups is 1. The highest BCUT2D eigenvalue weighted by molar-refractivity contribution is 8.09. The minimum absolute atomic E-state index is 0.00346. The Balaban J connectivity index is 1.60. The highest BCUT2D eigenvalue weighted by Crippen LogP contribution is 2.48. The van der Waals surface area contributed by atoms with E-state index in [9.17, 15) is 24.5 Å². The predicted octanol–water partition coefficient (Wildman–Crippen LogP) is 5.11. The zero-order valence-electron chi connectivity index (χ0n) is 19.3. The van der Waals surface area contributed by atoms with Gasteiger partial charge in [-0.2, -0.15) is 10.5 Å². The van der Waals surface area contributed by atoms with Crippen LogP contribution in [-0.4, -0.2) is 46.8 Å². The molecule has 3 amide bonds. The molecule has 0 N–H and O–H groups in total. The Kier molecular flexibility index (Phi) is 6.46. The second-order valence-corrected chi connectivity index (χ2v) is 9.88. The quantitative estimate of drug-likeness (QED) is 0.448. The van der Waals surface area contributed by atoms with Gasteiger partial charge >= 0.3 is 6.03 Å². The number of urea groups is 1. The number of pyridine rings is 1. The molecule has 0 aliphatic carbocycles. The minimum atomic E-state index is -0.743. The molecular formula is C26H17ClFN5O3S. The van der Waals surface area contributed by atoms with E-state index in [4.69, 9.17) is 16.3 Å². The molecule has 2 atom stereocenters. The molecule has 1 saturated heterocycles. The van der Waals surface area contributed by atoms with Crippen LogP contribution in [0, 0.1) is 28.5 Å². The molecular weight excluding hydrogens is 517 g/mol. The van der Waals surface area contributed by atoms with Crippen molar-refractivity contribution in [2.75, 3.05) is 18.6 Å². The van der Waals surface area contributed by atoms with Crippen LogP contribution < -0.4 is 9.64 Å². The van der Waals surface area contributed by atoms with Crippen LogP contribution in [0.1, 0.15) is 17.5 Å². The number of methoxy groups -OCH3 is 1. The molecule has 2 aromatic carbocycles. The van der Waals surface area contributed by atoms with Gasteiger partial charge in [-0.25, -0.2) is 14.1 Å². The van der Waals surface area contributed by atoms with E-state index in [1.165, 1.54) is 36.0 Å². The van der Waals surface area contributed by atoms with Gasteiger partial charge in [-0.1, -0.05) is 17.7 Å². The first-order valence-electron chi connectivity index (χ1n) is 11.1. The summed E-state index contributed by atoms with van der Waals surface area (Å²) in [4.78, 5) is 34.9. The van der Waals surface area contributed by atoms with Gasteiger partial charge in [0.1, 0.15) is 5.25 Å². The molecule has 11 heteroatoms. The van der Waals surface area contributed by atoms with Crippen molar-refractivity contribution >= 4 is 56.7 Å². The summed E-state index contributed by atoms with van der Waals surface area (Å²) < 4.78 is 19.2. The molecule has 37 heavy (non-hydrogen) atoms. The van der Waals surface area contributed by atoms with Crippen molar-refractivity contribution in [1.82, 2.24) is 9.88 Å². The predicted molar refractivity (Wildman–Crippen MR) is 137 cm³/mol. The van der Waals surface area contributed by atoms with Crippen molar-refractivity contribution in [2.45, 2.75) is 17.7 Å². The fraction of sp³-hybridized carbons (Fsp3) is 0.192. The number of nitrogens with zero attached hydrogens (tertiary/aromatic N) is 5. The number of amides is 3. The third kappa shape index (κ3) is 4.14. The Hall–Kier alpha value is -4.12. The van der Waals surface area contributed by atoms with Crippen molar-refractivity contribution in [3.63, 3.8) is 0 Å². The first-order chi connectivity index (χ1) is 17.9. The normalized spacial score (nSPS) is 18.9. The summed E-state index contributed by atoms with van der Waals surface area (Å²) in [5, 5.41) is 19.2. The minimum Gasteiger partial charge on any atom is -0.494 e. The SMILES string of the molecule is COc1cc(C2=CC3C(S2)C(=O)N(c2cncc4ccc(C#N)cc24)C(=O)N3CCC#N)c(Cl)cc1F. The van der Waals surface area contributed by atoms with Crippen molar-refractivity contribution in [3.8, 4) is 17.9 Å². The number of hydrogen-bond donors (Lipinski definition) is 0. The van der Waals surface area contributed by atoms with Gasteiger partial charge in [0, 0.05) is 34.0 Å². The van der Waals surface area contributed by atoms with Gasteiger partial charge in [-0.05, 0) is 30.3 Å². The van der Waals surface area contributed by atoms with Gasteiger partial charge in [0.05, 0.1) is 54.2 Å². The number of aromatic nitrogens is 1. The number of benzene rings is 2. The largest absolute Gasteiger partial charge is 0.494 e. The van der Waals surface area contributed by atoms with E-state index < -0.39 is 29.0 Å². The Morgan fingerprint density at radius 1 is 1.22 bits per heavy atom. The average Bonchev–Trinajstić information content (AvgIpc) is 3.34. The van der Waals surface area contributed by atoms with Crippen LogP contribution >= 0.6 is 23.4 Å². The van der Waals surface area contributed by atoms with Gasteiger partial charge in [-0.15, -0.1) is 11.8 Å². The monoisotopic (exact) mass is 533 g/mol. The summed E-state index contributed by atoms with van der Waals surface area (Å²) in [7, 11) is 1.34. The van der Waals surface area contributed by atoms with Gasteiger partial charge in [0.15, 0.2) is 11.6 Å². The Morgan fingerprint density at radius 3 is 2.76 bits per heavy atom. The van der Waals surface area contributed by atoms with Crippen LogP contribution in [0.15, 0.2) is 48.8 Å². The molecule has 3 heterocycles. The number of ether oxygens (including phenoxy) is 1. The van der Waals surface area contributed by atoms with Crippen molar-refractivity contribution < 1.29 is 18.7 Å². The molecule has 0 saturated carbocycles. The van der Waals surface area contributed by atoms with Crippen LogP contribution in [0.5, 0.6) is 5.75 Å². The molecule has 2 unspecified atom stereocenters. The summed E-state index contributed by atoms with van der Waals surface area (Å²) in [5.74, 6) is -1.09. The Morgan fingerprint density at radius 2 is 2.03 bits per heavy atom. The van der Waals surface area contributed by atoms with Crippen LogP contribution in [0.4, 0.5) is 14.9 Å². The lowest BCUT2D eigenvalue weighted by Gasteiger charge is -2.41. The lowest BCUT2D eigenvalue weighted by molar-refractivity contribution is -0.119. The number of fused-ring (bicyclic) bond motifs is 2. The number of carbonyl (C=O) groups excluding carboxylic acids is 2. The lowest BCUT2D eigenvalue weighted by Crippen LogP contribution is -2.62. The number of thioether (sulfide) groups is 1. The van der Waals surface area contributed by atoms with E-state index in [0.29, 0.717) is 26.8 Å². The Bertz CT molecular complexity index is 1580. The lowest BCUT2D eigenvalue weighted by atomic mass is 10.0. The number of hydrogen-bond acceptors (Lipinski definition) is 7. The van der Waals surface area contributed by atoms with E-state index in [0.717, 1.165) is 11.0 Å². The summed E-state index contributed by atoms with van der Waals surface area (Å²) in [6.45, 7) is 0.0900. The smallest absolute Gasteiger partial charge is 0.332 e. The molecule has 5 rings (SSSR count). The fourth-order valence-corrected chi connectivity index (χ4v) is 6.14. The molecule has 1 fully saturated rings. The first kappa shape index (κ1) is 24.6. The zero-order valence-corrected chi connectivity index (χ0v) is 20.9. The van der Waals surface area contributed by atoms with Crippen molar-refractivity contribution in [2.24, 2.45) is 0 Å². The fourth-order valence-electron chi connectivity index (χ4n) is 4.48. The maximum atomic E-state index is 14.1. The summed E-state index contributed by atoms with van der Waals surface area (Å²) >= 11 is 7.54. The van der Waals surface area contributed by atoms with E-state index in [2.05, 4.69) is 11.1 Å². The molecule has 2 aliphatic heterocycles. The summed E-state index contributed by atoms with van der Waals surface area (Å²) in [6, 6.07) is 10.4. The number of rotatable bonds is 5. The molecule has 3 aromatic rings. The number of nitriles is 2. The third-order valence-corrected chi connectivity index (χ3v) is 7.89. The van der Waals surface area contributed by atoms with E-state index in [1.807, 2.05) is 6.07 Å². The molecule has 0 bridgehead atoms. The van der Waals surface area contributed by atoms with Crippen LogP contribution in [0.3, 0.4) is 0 Å². The van der Waals surface area contributed by atoms with Crippen LogP contribution in [0.25, 0.3) is 15.7 Å². The highest BCUT2D eigenvalue weighted by Gasteiger charge is 2.50. The van der Waals surface area contributed by atoms with E-state index >= 15 is 0 Å². The highest BCUT2D eigenvalue weighted by atomic mass is 35.5. The van der Waals surface area contributed by atoms with E-state index in [1.54, 1.807) is 30.5 Å². The number of carbonyl (C=O) groups is 2. The number of halogens is 2. The second kappa shape index (κ2) is 9.74. The van der Waals surface area contributed by atoms with Gasteiger partial charge in [-0.3, -0.25) is 9.78 Å². The molecule has 184 valence electrons. The average molecular weight is 534 g/mol. The standard InChI is InChI=1S/C26H17ClFN5O3S/c1-36-22-8-17(18(27)9-19(22)28)23-10-20-24(37-23)25(34)33(26(35)32(20)6-2-5-29)21-13-31-12-15-4-3-14(11-30)7-16(15)21/h3-4,7-10,12-13,20,24H,2,6H2,1H3. The summed E-state index contributed by atoms with van der Waals surface area (Å²) in [5.41, 5.74) is 1.09. The maximum Gasteiger partial charge on any atom is 0.332 e.